The highest BCUT2D eigenvalue weighted by atomic mass is 16.3. The van der Waals surface area contributed by atoms with E-state index in [4.69, 9.17) is 0 Å². The maximum Gasteiger partial charge on any atom is 0.108 e. The molecular formula is C10H10N2O. The van der Waals surface area contributed by atoms with Gasteiger partial charge >= 0.3 is 0 Å². The van der Waals surface area contributed by atoms with E-state index in [0.717, 1.165) is 18.5 Å². The van der Waals surface area contributed by atoms with Gasteiger partial charge in [0.15, 0.2) is 0 Å². The van der Waals surface area contributed by atoms with Crippen LogP contribution >= 0.6 is 0 Å². The lowest BCUT2D eigenvalue weighted by atomic mass is 10.1. The van der Waals surface area contributed by atoms with Gasteiger partial charge in [-0.2, -0.15) is 0 Å². The number of rotatable bonds is 2. The fourth-order valence-electron chi connectivity index (χ4n) is 1.44. The molecule has 2 rings (SSSR count). The number of nitroso groups, excluding NO2 is 1. The highest BCUT2D eigenvalue weighted by Gasteiger charge is 2.05. The van der Waals surface area contributed by atoms with Crippen molar-refractivity contribution in [2.24, 2.45) is 5.18 Å². The van der Waals surface area contributed by atoms with Crippen LogP contribution in [0.15, 0.2) is 35.6 Å². The molecule has 0 fully saturated rings. The summed E-state index contributed by atoms with van der Waals surface area (Å²) < 4.78 is 0. The number of hydrogen-bond donors (Lipinski definition) is 1. The Morgan fingerprint density at radius 3 is 2.54 bits per heavy atom. The van der Waals surface area contributed by atoms with Crippen LogP contribution in [0.5, 0.6) is 0 Å². The average Bonchev–Trinajstić information content (AvgIpc) is 2.71. The van der Waals surface area contributed by atoms with E-state index in [1.165, 1.54) is 5.57 Å². The van der Waals surface area contributed by atoms with Crippen LogP contribution in [0.25, 0.3) is 5.57 Å². The van der Waals surface area contributed by atoms with E-state index >= 15 is 0 Å². The molecule has 0 aromatic heterocycles. The molecule has 1 aliphatic heterocycles. The van der Waals surface area contributed by atoms with Gasteiger partial charge in [-0.1, -0.05) is 12.1 Å². The summed E-state index contributed by atoms with van der Waals surface area (Å²) in [5, 5.41) is 6.01. The number of benzene rings is 1. The minimum absolute atomic E-state index is 0.482. The van der Waals surface area contributed by atoms with Crippen LogP contribution in [-0.4, -0.2) is 6.54 Å². The molecule has 1 aliphatic rings. The minimum atomic E-state index is 0.482. The van der Waals surface area contributed by atoms with Crippen molar-refractivity contribution in [3.8, 4) is 0 Å². The summed E-state index contributed by atoms with van der Waals surface area (Å²) in [5.41, 5.74) is 2.94. The maximum absolute atomic E-state index is 10.2. The number of nitrogens with zero attached hydrogens (tertiary/aromatic N) is 1. The van der Waals surface area contributed by atoms with E-state index < -0.39 is 0 Å². The molecule has 66 valence electrons. The van der Waals surface area contributed by atoms with E-state index in [1.54, 1.807) is 12.1 Å². The molecule has 0 atom stereocenters. The molecule has 3 nitrogen and oxygen atoms in total. The molecular weight excluding hydrogens is 164 g/mol. The topological polar surface area (TPSA) is 41.5 Å². The fraction of sp³-hybridized carbons (Fsp3) is 0.200. The van der Waals surface area contributed by atoms with Crippen LogP contribution in [0.1, 0.15) is 12.0 Å². The Morgan fingerprint density at radius 1 is 1.23 bits per heavy atom. The van der Waals surface area contributed by atoms with Crippen molar-refractivity contribution in [3.63, 3.8) is 0 Å². The first-order valence-corrected chi connectivity index (χ1v) is 4.26. The Kier molecular flexibility index (Phi) is 2.08. The second-order valence-corrected chi connectivity index (χ2v) is 3.01. The molecule has 1 N–H and O–H groups in total. The van der Waals surface area contributed by atoms with Crippen molar-refractivity contribution >= 4 is 11.3 Å². The third kappa shape index (κ3) is 1.59. The maximum atomic E-state index is 10.2. The SMILES string of the molecule is O=Nc1ccc(C2=CNCC2)cc1. The van der Waals surface area contributed by atoms with Gasteiger partial charge in [-0.25, -0.2) is 0 Å². The van der Waals surface area contributed by atoms with E-state index in [0.29, 0.717) is 5.69 Å². The molecule has 1 heterocycles. The Morgan fingerprint density at radius 2 is 2.00 bits per heavy atom. The Labute approximate surface area is 76.4 Å². The molecule has 1 aromatic carbocycles. The third-order valence-corrected chi connectivity index (χ3v) is 2.16. The third-order valence-electron chi connectivity index (χ3n) is 2.16. The largest absolute Gasteiger partial charge is 0.390 e. The smallest absolute Gasteiger partial charge is 0.108 e. The van der Waals surface area contributed by atoms with Crippen molar-refractivity contribution in [3.05, 3.63) is 40.9 Å². The van der Waals surface area contributed by atoms with Crippen LogP contribution in [0.2, 0.25) is 0 Å². The predicted molar refractivity (Wildman–Crippen MR) is 52.5 cm³/mol. The van der Waals surface area contributed by atoms with Crippen molar-refractivity contribution in [1.29, 1.82) is 0 Å². The zero-order chi connectivity index (χ0) is 9.10. The van der Waals surface area contributed by atoms with Gasteiger partial charge in [0.25, 0.3) is 0 Å². The summed E-state index contributed by atoms with van der Waals surface area (Å²) in [7, 11) is 0. The van der Waals surface area contributed by atoms with Crippen LogP contribution < -0.4 is 5.32 Å². The first-order chi connectivity index (χ1) is 6.40. The van der Waals surface area contributed by atoms with Gasteiger partial charge in [0.2, 0.25) is 0 Å². The Hall–Kier alpha value is -1.64. The second kappa shape index (κ2) is 3.39. The zero-order valence-electron chi connectivity index (χ0n) is 7.16. The van der Waals surface area contributed by atoms with E-state index in [2.05, 4.69) is 10.5 Å². The monoisotopic (exact) mass is 174 g/mol. The van der Waals surface area contributed by atoms with Gasteiger partial charge in [0, 0.05) is 12.7 Å². The lowest BCUT2D eigenvalue weighted by Gasteiger charge is -1.99. The van der Waals surface area contributed by atoms with Gasteiger partial charge in [-0.3, -0.25) is 0 Å². The Bertz CT molecular complexity index is 340. The van der Waals surface area contributed by atoms with Crippen molar-refractivity contribution in [1.82, 2.24) is 5.32 Å². The van der Waals surface area contributed by atoms with Gasteiger partial charge < -0.3 is 5.32 Å². The first kappa shape index (κ1) is 7.98. The molecule has 0 saturated carbocycles. The molecule has 0 saturated heterocycles. The first-order valence-electron chi connectivity index (χ1n) is 4.26. The second-order valence-electron chi connectivity index (χ2n) is 3.01. The van der Waals surface area contributed by atoms with Crippen molar-refractivity contribution in [2.45, 2.75) is 6.42 Å². The molecule has 1 aromatic rings. The lowest BCUT2D eigenvalue weighted by Crippen LogP contribution is -1.96. The van der Waals surface area contributed by atoms with Crippen LogP contribution in [0, 0.1) is 4.91 Å². The van der Waals surface area contributed by atoms with Gasteiger partial charge in [0.05, 0.1) is 0 Å². The molecule has 0 spiro atoms. The Balaban J connectivity index is 2.26. The molecule has 0 unspecified atom stereocenters. The molecule has 0 bridgehead atoms. The molecule has 0 aliphatic carbocycles. The van der Waals surface area contributed by atoms with Gasteiger partial charge in [-0.05, 0) is 34.9 Å². The highest BCUT2D eigenvalue weighted by molar-refractivity contribution is 5.68. The normalized spacial score (nSPS) is 14.9. The number of nitrogens with one attached hydrogen (secondary N) is 1. The predicted octanol–water partition coefficient (Wildman–Crippen LogP) is 2.42. The highest BCUT2D eigenvalue weighted by Crippen LogP contribution is 2.22. The van der Waals surface area contributed by atoms with Crippen molar-refractivity contribution in [2.75, 3.05) is 6.54 Å². The fourth-order valence-corrected chi connectivity index (χ4v) is 1.44. The quantitative estimate of drug-likeness (QED) is 0.699. The molecule has 0 radical (unpaired) electrons. The summed E-state index contributed by atoms with van der Waals surface area (Å²) in [6.45, 7) is 1.00. The summed E-state index contributed by atoms with van der Waals surface area (Å²) in [6.07, 6.45) is 3.07. The minimum Gasteiger partial charge on any atom is -0.390 e. The summed E-state index contributed by atoms with van der Waals surface area (Å²) in [4.78, 5) is 10.2. The van der Waals surface area contributed by atoms with Gasteiger partial charge in [0.1, 0.15) is 5.69 Å². The van der Waals surface area contributed by atoms with Crippen LogP contribution in [0.4, 0.5) is 5.69 Å². The summed E-state index contributed by atoms with van der Waals surface area (Å²) in [6, 6.07) is 7.33. The standard InChI is InChI=1S/C10H10N2O/c13-12-10-3-1-8(2-4-10)9-5-6-11-7-9/h1-4,7,11H,5-6H2. The molecule has 0 amide bonds. The average molecular weight is 174 g/mol. The lowest BCUT2D eigenvalue weighted by molar-refractivity contribution is 0.920. The van der Waals surface area contributed by atoms with E-state index in [-0.39, 0.29) is 0 Å². The van der Waals surface area contributed by atoms with E-state index in [9.17, 15) is 4.91 Å². The van der Waals surface area contributed by atoms with Gasteiger partial charge in [-0.15, -0.1) is 4.91 Å². The molecule has 13 heavy (non-hydrogen) atoms. The summed E-state index contributed by atoms with van der Waals surface area (Å²) in [5.74, 6) is 0. The summed E-state index contributed by atoms with van der Waals surface area (Å²) >= 11 is 0. The van der Waals surface area contributed by atoms with Crippen molar-refractivity contribution < 1.29 is 0 Å². The van der Waals surface area contributed by atoms with E-state index in [1.807, 2.05) is 18.3 Å². The number of hydrogen-bond acceptors (Lipinski definition) is 3. The zero-order valence-corrected chi connectivity index (χ0v) is 7.16. The van der Waals surface area contributed by atoms with Crippen LogP contribution in [-0.2, 0) is 0 Å². The van der Waals surface area contributed by atoms with Crippen LogP contribution in [0.3, 0.4) is 0 Å². The molecule has 3 heteroatoms.